The van der Waals surface area contributed by atoms with Gasteiger partial charge >= 0.3 is 12.1 Å². The van der Waals surface area contributed by atoms with Gasteiger partial charge in [-0.15, -0.1) is 0 Å². The van der Waals surface area contributed by atoms with E-state index in [4.69, 9.17) is 9.47 Å². The van der Waals surface area contributed by atoms with Crippen LogP contribution in [0.25, 0.3) is 0 Å². The van der Waals surface area contributed by atoms with Crippen LogP contribution in [0.1, 0.15) is 25.3 Å². The lowest BCUT2D eigenvalue weighted by molar-refractivity contribution is -0.154. The first-order valence-electron chi connectivity index (χ1n) is 8.01. The highest BCUT2D eigenvalue weighted by atomic mass is 16.5. The standard InChI is InChI=1S/C17H23NO6/c1-2-23-16(21)12-8-14(19)15(20)9-13(12)18-17(22)24-10-11-6-4-3-5-7-11/h3-7,12-15,19-20H,2,8-10H2,1H3,(H,18,22)/t12-,13+,14-,15+/m1/s1. The summed E-state index contributed by atoms with van der Waals surface area (Å²) in [5.41, 5.74) is 0.841. The number of alkyl carbamates (subject to hydrolysis) is 1. The van der Waals surface area contributed by atoms with Gasteiger partial charge in [0.05, 0.1) is 24.7 Å². The molecule has 0 radical (unpaired) electrons. The van der Waals surface area contributed by atoms with Crippen molar-refractivity contribution >= 4 is 12.1 Å². The molecule has 1 aliphatic carbocycles. The van der Waals surface area contributed by atoms with Crippen LogP contribution >= 0.6 is 0 Å². The van der Waals surface area contributed by atoms with Gasteiger partial charge in [-0.05, 0) is 25.3 Å². The van der Waals surface area contributed by atoms with E-state index in [1.165, 1.54) is 0 Å². The second-order valence-corrected chi connectivity index (χ2v) is 5.78. The lowest BCUT2D eigenvalue weighted by Crippen LogP contribution is -2.53. The smallest absolute Gasteiger partial charge is 0.407 e. The highest BCUT2D eigenvalue weighted by molar-refractivity contribution is 5.75. The lowest BCUT2D eigenvalue weighted by Gasteiger charge is -2.35. The van der Waals surface area contributed by atoms with Crippen molar-refractivity contribution in [1.29, 1.82) is 0 Å². The number of esters is 1. The summed E-state index contributed by atoms with van der Waals surface area (Å²) < 4.78 is 10.1. The third kappa shape index (κ3) is 4.94. The summed E-state index contributed by atoms with van der Waals surface area (Å²) in [5, 5.41) is 22.2. The summed E-state index contributed by atoms with van der Waals surface area (Å²) in [6.45, 7) is 2.00. The Kier molecular flexibility index (Phi) is 6.57. The number of carbonyl (C=O) groups excluding carboxylic acids is 2. The number of aliphatic hydroxyl groups is 2. The number of hydrogen-bond acceptors (Lipinski definition) is 6. The van der Waals surface area contributed by atoms with E-state index in [0.717, 1.165) is 5.56 Å². The van der Waals surface area contributed by atoms with E-state index in [1.54, 1.807) is 6.92 Å². The van der Waals surface area contributed by atoms with E-state index >= 15 is 0 Å². The molecular formula is C17H23NO6. The molecule has 1 aliphatic rings. The molecule has 132 valence electrons. The Morgan fingerprint density at radius 1 is 1.12 bits per heavy atom. The predicted octanol–water partition coefficient (Wildman–Crippen LogP) is 0.976. The molecule has 0 spiro atoms. The zero-order valence-corrected chi connectivity index (χ0v) is 13.6. The number of rotatable bonds is 5. The van der Waals surface area contributed by atoms with Crippen molar-refractivity contribution in [3.63, 3.8) is 0 Å². The molecule has 0 heterocycles. The molecule has 1 saturated carbocycles. The van der Waals surface area contributed by atoms with Crippen LogP contribution in [0.2, 0.25) is 0 Å². The third-order valence-electron chi connectivity index (χ3n) is 4.03. The fourth-order valence-corrected chi connectivity index (χ4v) is 2.75. The van der Waals surface area contributed by atoms with Crippen LogP contribution in [0.15, 0.2) is 30.3 Å². The minimum atomic E-state index is -1.02. The molecule has 0 saturated heterocycles. The number of ether oxygens (including phenoxy) is 2. The van der Waals surface area contributed by atoms with Gasteiger partial charge in [0.2, 0.25) is 0 Å². The monoisotopic (exact) mass is 337 g/mol. The minimum Gasteiger partial charge on any atom is -0.466 e. The highest BCUT2D eigenvalue weighted by Gasteiger charge is 2.41. The molecule has 7 nitrogen and oxygen atoms in total. The second kappa shape index (κ2) is 8.65. The molecule has 1 amide bonds. The Morgan fingerprint density at radius 2 is 1.79 bits per heavy atom. The van der Waals surface area contributed by atoms with E-state index in [0.29, 0.717) is 0 Å². The number of carbonyl (C=O) groups is 2. The van der Waals surface area contributed by atoms with Crippen molar-refractivity contribution in [2.75, 3.05) is 6.61 Å². The van der Waals surface area contributed by atoms with Crippen LogP contribution in [-0.2, 0) is 20.9 Å². The minimum absolute atomic E-state index is 0.0314. The maximum absolute atomic E-state index is 12.0. The molecule has 4 atom stereocenters. The maximum Gasteiger partial charge on any atom is 0.407 e. The zero-order valence-electron chi connectivity index (χ0n) is 13.6. The van der Waals surface area contributed by atoms with Crippen LogP contribution < -0.4 is 5.32 Å². The molecule has 7 heteroatoms. The fourth-order valence-electron chi connectivity index (χ4n) is 2.75. The molecule has 0 aromatic heterocycles. The van der Waals surface area contributed by atoms with Gasteiger partial charge in [0, 0.05) is 6.04 Å². The quantitative estimate of drug-likeness (QED) is 0.692. The average molecular weight is 337 g/mol. The van der Waals surface area contributed by atoms with Crippen molar-refractivity contribution in [1.82, 2.24) is 5.32 Å². The normalized spacial score (nSPS) is 26.5. The molecular weight excluding hydrogens is 314 g/mol. The number of amides is 1. The molecule has 0 bridgehead atoms. The first-order chi connectivity index (χ1) is 11.5. The Bertz CT molecular complexity index is 549. The average Bonchev–Trinajstić information content (AvgIpc) is 2.57. The maximum atomic E-state index is 12.0. The predicted molar refractivity (Wildman–Crippen MR) is 84.9 cm³/mol. The van der Waals surface area contributed by atoms with E-state index in [2.05, 4.69) is 5.32 Å². The summed E-state index contributed by atoms with van der Waals surface area (Å²) >= 11 is 0. The second-order valence-electron chi connectivity index (χ2n) is 5.78. The lowest BCUT2D eigenvalue weighted by atomic mass is 9.81. The molecule has 1 fully saturated rings. The van der Waals surface area contributed by atoms with Crippen LogP contribution in [-0.4, -0.2) is 47.1 Å². The van der Waals surface area contributed by atoms with E-state index in [9.17, 15) is 19.8 Å². The van der Waals surface area contributed by atoms with Gasteiger partial charge < -0.3 is 25.0 Å². The largest absolute Gasteiger partial charge is 0.466 e. The van der Waals surface area contributed by atoms with Crippen molar-refractivity contribution in [3.05, 3.63) is 35.9 Å². The molecule has 0 aliphatic heterocycles. The van der Waals surface area contributed by atoms with Gasteiger partial charge in [-0.25, -0.2) is 4.79 Å². The Labute approximate surface area is 140 Å². The summed E-state index contributed by atoms with van der Waals surface area (Å²) in [6, 6.07) is 8.55. The van der Waals surface area contributed by atoms with E-state index in [-0.39, 0.29) is 26.1 Å². The van der Waals surface area contributed by atoms with Gasteiger partial charge in [0.1, 0.15) is 6.61 Å². The topological polar surface area (TPSA) is 105 Å². The SMILES string of the molecule is CCOC(=O)[C@@H]1C[C@@H](O)[C@@H](O)C[C@@H]1NC(=O)OCc1ccccc1. The highest BCUT2D eigenvalue weighted by Crippen LogP contribution is 2.26. The molecule has 1 aromatic rings. The fraction of sp³-hybridized carbons (Fsp3) is 0.529. The first-order valence-corrected chi connectivity index (χ1v) is 8.01. The van der Waals surface area contributed by atoms with Gasteiger partial charge in [0.15, 0.2) is 0 Å². The van der Waals surface area contributed by atoms with Gasteiger partial charge in [-0.2, -0.15) is 0 Å². The van der Waals surface area contributed by atoms with E-state index < -0.39 is 36.2 Å². The van der Waals surface area contributed by atoms with Crippen LogP contribution in [0.5, 0.6) is 0 Å². The van der Waals surface area contributed by atoms with Crippen molar-refractivity contribution in [2.24, 2.45) is 5.92 Å². The van der Waals surface area contributed by atoms with Gasteiger partial charge in [0.25, 0.3) is 0 Å². The third-order valence-corrected chi connectivity index (χ3v) is 4.03. The van der Waals surface area contributed by atoms with Crippen molar-refractivity contribution in [2.45, 2.75) is 44.6 Å². The summed E-state index contributed by atoms with van der Waals surface area (Å²) in [7, 11) is 0. The molecule has 3 N–H and O–H groups in total. The number of nitrogens with one attached hydrogen (secondary N) is 1. The Hall–Kier alpha value is -2.12. The van der Waals surface area contributed by atoms with Crippen LogP contribution in [0.3, 0.4) is 0 Å². The van der Waals surface area contributed by atoms with Crippen LogP contribution in [0.4, 0.5) is 4.79 Å². The molecule has 0 unspecified atom stereocenters. The first kappa shape index (κ1) is 18.2. The summed E-state index contributed by atoms with van der Waals surface area (Å²) in [6.07, 6.45) is -2.61. The zero-order chi connectivity index (χ0) is 17.5. The number of aliphatic hydroxyl groups excluding tert-OH is 2. The summed E-state index contributed by atoms with van der Waals surface area (Å²) in [5.74, 6) is -1.22. The Morgan fingerprint density at radius 3 is 2.46 bits per heavy atom. The number of benzene rings is 1. The number of hydrogen-bond donors (Lipinski definition) is 3. The van der Waals surface area contributed by atoms with Crippen molar-refractivity contribution in [3.8, 4) is 0 Å². The van der Waals surface area contributed by atoms with Gasteiger partial charge in [-0.1, -0.05) is 30.3 Å². The van der Waals surface area contributed by atoms with Crippen molar-refractivity contribution < 1.29 is 29.3 Å². The van der Waals surface area contributed by atoms with E-state index in [1.807, 2.05) is 30.3 Å². The van der Waals surface area contributed by atoms with Gasteiger partial charge in [-0.3, -0.25) is 4.79 Å². The molecule has 1 aromatic carbocycles. The molecule has 24 heavy (non-hydrogen) atoms. The summed E-state index contributed by atoms with van der Waals surface area (Å²) in [4.78, 5) is 24.0. The molecule has 2 rings (SSSR count). The Balaban J connectivity index is 1.93. The van der Waals surface area contributed by atoms with Crippen LogP contribution in [0, 0.1) is 5.92 Å².